The topological polar surface area (TPSA) is 43.4 Å². The normalized spacial score (nSPS) is 12.3. The van der Waals surface area contributed by atoms with Crippen molar-refractivity contribution in [1.82, 2.24) is 0 Å². The molecule has 0 aliphatic heterocycles. The summed E-state index contributed by atoms with van der Waals surface area (Å²) >= 11 is 0. The predicted molar refractivity (Wildman–Crippen MR) is 88.3 cm³/mol. The van der Waals surface area contributed by atoms with E-state index in [2.05, 4.69) is 0 Å². The van der Waals surface area contributed by atoms with Crippen molar-refractivity contribution in [3.8, 4) is 0 Å². The molecule has 0 saturated carbocycles. The highest BCUT2D eigenvalue weighted by Gasteiger charge is 2.18. The van der Waals surface area contributed by atoms with Crippen LogP contribution in [0.1, 0.15) is 31.9 Å². The molecule has 0 atom stereocenters. The first-order valence-corrected chi connectivity index (χ1v) is 8.92. The maximum atomic E-state index is 12.5. The molecule has 0 saturated heterocycles. The number of rotatable bonds is 5. The summed E-state index contributed by atoms with van der Waals surface area (Å²) in [6, 6.07) is 16.1. The van der Waals surface area contributed by atoms with E-state index in [-0.39, 0.29) is 11.4 Å². The molecule has 118 valence electrons. The Balaban J connectivity index is 2.23. The highest BCUT2D eigenvalue weighted by Crippen LogP contribution is 2.21. The highest BCUT2D eigenvalue weighted by molar-refractivity contribution is 7.90. The van der Waals surface area contributed by atoms with Gasteiger partial charge >= 0.3 is 0 Å². The molecule has 0 bridgehead atoms. The lowest BCUT2D eigenvalue weighted by Crippen LogP contribution is -2.19. The van der Waals surface area contributed by atoms with Gasteiger partial charge in [0, 0.05) is 0 Å². The molecule has 0 heterocycles. The quantitative estimate of drug-likeness (QED) is 0.837. The van der Waals surface area contributed by atoms with Gasteiger partial charge in [0.15, 0.2) is 9.84 Å². The standard InChI is InChI=1S/C18H22O3S/c1-18(2,3)21-13-15-9-7-8-10-16(15)14-22(19,20)17-11-5-4-6-12-17/h4-12H,13-14H2,1-3H3. The van der Waals surface area contributed by atoms with Crippen LogP contribution in [0.2, 0.25) is 0 Å². The van der Waals surface area contributed by atoms with Gasteiger partial charge < -0.3 is 4.74 Å². The third-order valence-electron chi connectivity index (χ3n) is 3.23. The summed E-state index contributed by atoms with van der Waals surface area (Å²) in [7, 11) is -3.35. The number of ether oxygens (including phenoxy) is 1. The van der Waals surface area contributed by atoms with Gasteiger partial charge in [-0.25, -0.2) is 8.42 Å². The van der Waals surface area contributed by atoms with Crippen LogP contribution in [0.4, 0.5) is 0 Å². The summed E-state index contributed by atoms with van der Waals surface area (Å²) < 4.78 is 30.8. The van der Waals surface area contributed by atoms with Crippen LogP contribution in [0.25, 0.3) is 0 Å². The molecular weight excluding hydrogens is 296 g/mol. The van der Waals surface area contributed by atoms with Gasteiger partial charge in [-0.3, -0.25) is 0 Å². The Morgan fingerprint density at radius 2 is 1.41 bits per heavy atom. The molecule has 0 amide bonds. The fourth-order valence-electron chi connectivity index (χ4n) is 2.05. The summed E-state index contributed by atoms with van der Waals surface area (Å²) in [5, 5.41) is 0. The first-order valence-electron chi connectivity index (χ1n) is 7.26. The number of sulfone groups is 1. The second-order valence-corrected chi connectivity index (χ2v) is 8.23. The number of hydrogen-bond acceptors (Lipinski definition) is 3. The molecular formula is C18H22O3S. The lowest BCUT2D eigenvalue weighted by atomic mass is 10.1. The van der Waals surface area contributed by atoms with Crippen molar-refractivity contribution in [2.24, 2.45) is 0 Å². The lowest BCUT2D eigenvalue weighted by Gasteiger charge is -2.20. The molecule has 0 aromatic heterocycles. The van der Waals surface area contributed by atoms with E-state index in [1.54, 1.807) is 24.3 Å². The van der Waals surface area contributed by atoms with Gasteiger partial charge in [0.05, 0.1) is 22.9 Å². The van der Waals surface area contributed by atoms with Crippen LogP contribution >= 0.6 is 0 Å². The molecule has 2 rings (SSSR count). The maximum absolute atomic E-state index is 12.5. The average Bonchev–Trinajstić information content (AvgIpc) is 2.46. The van der Waals surface area contributed by atoms with Crippen molar-refractivity contribution >= 4 is 9.84 Å². The molecule has 4 heteroatoms. The van der Waals surface area contributed by atoms with Crippen LogP contribution in [-0.2, 0) is 26.9 Å². The molecule has 0 fully saturated rings. The molecule has 0 aliphatic carbocycles. The predicted octanol–water partition coefficient (Wildman–Crippen LogP) is 3.98. The van der Waals surface area contributed by atoms with Gasteiger partial charge in [-0.2, -0.15) is 0 Å². The summed E-state index contributed by atoms with van der Waals surface area (Å²) in [5.41, 5.74) is 1.44. The zero-order chi connectivity index (χ0) is 16.2. The summed E-state index contributed by atoms with van der Waals surface area (Å²) in [6.07, 6.45) is 0. The molecule has 0 N–H and O–H groups in total. The molecule has 2 aromatic carbocycles. The third-order valence-corrected chi connectivity index (χ3v) is 4.91. The van der Waals surface area contributed by atoms with Gasteiger partial charge in [0.2, 0.25) is 0 Å². The molecule has 3 nitrogen and oxygen atoms in total. The SMILES string of the molecule is CC(C)(C)OCc1ccccc1CS(=O)(=O)c1ccccc1. The zero-order valence-corrected chi connectivity index (χ0v) is 14.1. The van der Waals surface area contributed by atoms with E-state index in [9.17, 15) is 8.42 Å². The van der Waals surface area contributed by atoms with E-state index in [1.165, 1.54) is 0 Å². The third kappa shape index (κ3) is 4.68. The van der Waals surface area contributed by atoms with Gasteiger partial charge in [0.1, 0.15) is 0 Å². The van der Waals surface area contributed by atoms with Crippen molar-refractivity contribution in [3.05, 3.63) is 65.7 Å². The maximum Gasteiger partial charge on any atom is 0.182 e. The second kappa shape index (κ2) is 6.63. The Morgan fingerprint density at radius 3 is 2.00 bits per heavy atom. The van der Waals surface area contributed by atoms with Gasteiger partial charge in [0.25, 0.3) is 0 Å². The van der Waals surface area contributed by atoms with E-state index >= 15 is 0 Å². The number of benzene rings is 2. The van der Waals surface area contributed by atoms with Crippen LogP contribution in [-0.4, -0.2) is 14.0 Å². The van der Waals surface area contributed by atoms with Crippen molar-refractivity contribution < 1.29 is 13.2 Å². The summed E-state index contributed by atoms with van der Waals surface area (Å²) in [5.74, 6) is -0.0132. The first kappa shape index (κ1) is 16.7. The summed E-state index contributed by atoms with van der Waals surface area (Å²) in [4.78, 5) is 0.349. The van der Waals surface area contributed by atoms with Gasteiger partial charge in [-0.05, 0) is 44.0 Å². The van der Waals surface area contributed by atoms with Crippen LogP contribution in [0, 0.1) is 0 Å². The van der Waals surface area contributed by atoms with Crippen LogP contribution < -0.4 is 0 Å². The fraction of sp³-hybridized carbons (Fsp3) is 0.333. The Hall–Kier alpha value is -1.65. The average molecular weight is 318 g/mol. The summed E-state index contributed by atoms with van der Waals surface area (Å²) in [6.45, 7) is 6.35. The lowest BCUT2D eigenvalue weighted by molar-refractivity contribution is -0.0151. The minimum Gasteiger partial charge on any atom is -0.371 e. The van der Waals surface area contributed by atoms with Crippen molar-refractivity contribution in [2.45, 2.75) is 43.6 Å². The van der Waals surface area contributed by atoms with Crippen molar-refractivity contribution in [2.75, 3.05) is 0 Å². The fourth-order valence-corrected chi connectivity index (χ4v) is 3.48. The van der Waals surface area contributed by atoms with E-state index in [4.69, 9.17) is 4.74 Å². The minimum absolute atomic E-state index is 0.0132. The van der Waals surface area contributed by atoms with Crippen molar-refractivity contribution in [1.29, 1.82) is 0 Å². The monoisotopic (exact) mass is 318 g/mol. The van der Waals surface area contributed by atoms with E-state index < -0.39 is 9.84 Å². The van der Waals surface area contributed by atoms with Gasteiger partial charge in [-0.15, -0.1) is 0 Å². The Bertz CT molecular complexity index is 713. The first-order chi connectivity index (χ1) is 10.3. The number of hydrogen-bond donors (Lipinski definition) is 0. The van der Waals surface area contributed by atoms with E-state index in [1.807, 2.05) is 51.1 Å². The molecule has 22 heavy (non-hydrogen) atoms. The molecule has 2 aromatic rings. The zero-order valence-electron chi connectivity index (χ0n) is 13.2. The van der Waals surface area contributed by atoms with E-state index in [0.717, 1.165) is 11.1 Å². The van der Waals surface area contributed by atoms with Crippen LogP contribution in [0.5, 0.6) is 0 Å². The molecule has 0 spiro atoms. The van der Waals surface area contributed by atoms with Crippen LogP contribution in [0.15, 0.2) is 59.5 Å². The van der Waals surface area contributed by atoms with E-state index in [0.29, 0.717) is 11.5 Å². The molecule has 0 aliphatic rings. The molecule has 0 radical (unpaired) electrons. The smallest absolute Gasteiger partial charge is 0.182 e. The van der Waals surface area contributed by atoms with Gasteiger partial charge in [-0.1, -0.05) is 42.5 Å². The minimum atomic E-state index is -3.35. The van der Waals surface area contributed by atoms with Crippen molar-refractivity contribution in [3.63, 3.8) is 0 Å². The molecule has 0 unspecified atom stereocenters. The largest absolute Gasteiger partial charge is 0.371 e. The Kier molecular flexibility index (Phi) is 5.04. The second-order valence-electron chi connectivity index (χ2n) is 6.24. The van der Waals surface area contributed by atoms with Crippen LogP contribution in [0.3, 0.4) is 0 Å². The Labute approximate surface area is 132 Å². The highest BCUT2D eigenvalue weighted by atomic mass is 32.2. The Morgan fingerprint density at radius 1 is 0.864 bits per heavy atom.